The van der Waals surface area contributed by atoms with Gasteiger partial charge in [-0.3, -0.25) is 10.1 Å². The molecule has 0 amide bonds. The number of aromatic nitrogens is 6. The summed E-state index contributed by atoms with van der Waals surface area (Å²) in [6.45, 7) is 4.44. The summed E-state index contributed by atoms with van der Waals surface area (Å²) in [5.41, 5.74) is 3.28. The molecule has 0 saturated carbocycles. The molecule has 0 aliphatic carbocycles. The van der Waals surface area contributed by atoms with Crippen LogP contribution in [0.25, 0.3) is 11.4 Å². The third kappa shape index (κ3) is 3.48. The SMILES string of the molecule is Cc1nc2c(c(NCCc3nc(-c4ccncc4)n[nH]3)n1)CCNC2. The Morgan fingerprint density at radius 3 is 2.92 bits per heavy atom. The number of pyridine rings is 1. The van der Waals surface area contributed by atoms with Gasteiger partial charge in [0.15, 0.2) is 5.82 Å². The molecule has 0 fully saturated rings. The fourth-order valence-corrected chi connectivity index (χ4v) is 2.97. The average molecular weight is 336 g/mol. The van der Waals surface area contributed by atoms with E-state index in [0.717, 1.165) is 61.2 Å². The topological polar surface area (TPSA) is 104 Å². The molecule has 8 nitrogen and oxygen atoms in total. The molecule has 8 heteroatoms. The molecule has 4 heterocycles. The third-order valence-electron chi connectivity index (χ3n) is 4.17. The molecule has 1 aliphatic heterocycles. The molecule has 0 atom stereocenters. The Hall–Kier alpha value is -2.87. The first-order chi connectivity index (χ1) is 12.3. The van der Waals surface area contributed by atoms with E-state index in [1.165, 1.54) is 5.56 Å². The van der Waals surface area contributed by atoms with Crippen molar-refractivity contribution in [2.24, 2.45) is 0 Å². The largest absolute Gasteiger partial charge is 0.369 e. The van der Waals surface area contributed by atoms with Crippen LogP contribution in [0, 0.1) is 6.92 Å². The van der Waals surface area contributed by atoms with Gasteiger partial charge in [0.05, 0.1) is 5.69 Å². The maximum absolute atomic E-state index is 4.57. The van der Waals surface area contributed by atoms with E-state index in [9.17, 15) is 0 Å². The standard InChI is InChI=1S/C17H20N8/c1-11-21-14-10-19-8-4-13(14)17(22-11)20-9-5-15-23-16(25-24-15)12-2-6-18-7-3-12/h2-3,6-7,19H,4-5,8-10H2,1H3,(H,20,21,22)(H,23,24,25). The second kappa shape index (κ2) is 6.94. The highest BCUT2D eigenvalue weighted by Gasteiger charge is 2.16. The summed E-state index contributed by atoms with van der Waals surface area (Å²) >= 11 is 0. The lowest BCUT2D eigenvalue weighted by atomic mass is 10.1. The smallest absolute Gasteiger partial charge is 0.181 e. The Labute approximate surface area is 145 Å². The first kappa shape index (κ1) is 15.6. The van der Waals surface area contributed by atoms with Crippen molar-refractivity contribution < 1.29 is 0 Å². The molecular weight excluding hydrogens is 316 g/mol. The van der Waals surface area contributed by atoms with Crippen LogP contribution in [0.2, 0.25) is 0 Å². The van der Waals surface area contributed by atoms with E-state index in [-0.39, 0.29) is 0 Å². The summed E-state index contributed by atoms with van der Waals surface area (Å²) in [5.74, 6) is 3.28. The molecule has 3 aromatic rings. The van der Waals surface area contributed by atoms with Crippen LogP contribution in [-0.2, 0) is 19.4 Å². The van der Waals surface area contributed by atoms with E-state index in [1.807, 2.05) is 19.1 Å². The van der Waals surface area contributed by atoms with Crippen molar-refractivity contribution in [2.75, 3.05) is 18.4 Å². The van der Waals surface area contributed by atoms with Crippen molar-refractivity contribution in [2.45, 2.75) is 26.3 Å². The van der Waals surface area contributed by atoms with Gasteiger partial charge in [-0.25, -0.2) is 15.0 Å². The highest BCUT2D eigenvalue weighted by Crippen LogP contribution is 2.20. The fraction of sp³-hybridized carbons (Fsp3) is 0.353. The number of hydrogen-bond acceptors (Lipinski definition) is 7. The van der Waals surface area contributed by atoms with Crippen molar-refractivity contribution >= 4 is 5.82 Å². The molecule has 0 aromatic carbocycles. The van der Waals surface area contributed by atoms with E-state index in [0.29, 0.717) is 5.82 Å². The van der Waals surface area contributed by atoms with Crippen molar-refractivity contribution in [1.82, 2.24) is 35.5 Å². The Morgan fingerprint density at radius 1 is 1.16 bits per heavy atom. The number of aryl methyl sites for hydroxylation is 1. The molecule has 0 radical (unpaired) electrons. The second-order valence-electron chi connectivity index (χ2n) is 5.99. The van der Waals surface area contributed by atoms with Crippen LogP contribution in [0.1, 0.15) is 22.9 Å². The molecule has 4 rings (SSSR count). The Balaban J connectivity index is 1.42. The van der Waals surface area contributed by atoms with Crippen molar-refractivity contribution in [3.8, 4) is 11.4 Å². The van der Waals surface area contributed by atoms with Crippen LogP contribution >= 0.6 is 0 Å². The zero-order chi connectivity index (χ0) is 17.1. The van der Waals surface area contributed by atoms with Gasteiger partial charge < -0.3 is 10.6 Å². The quantitative estimate of drug-likeness (QED) is 0.644. The highest BCUT2D eigenvalue weighted by atomic mass is 15.2. The molecule has 0 saturated heterocycles. The van der Waals surface area contributed by atoms with E-state index < -0.39 is 0 Å². The summed E-state index contributed by atoms with van der Waals surface area (Å²) in [5, 5.41) is 14.1. The van der Waals surface area contributed by atoms with E-state index in [1.54, 1.807) is 12.4 Å². The number of fused-ring (bicyclic) bond motifs is 1. The molecule has 3 N–H and O–H groups in total. The number of anilines is 1. The number of hydrogen-bond donors (Lipinski definition) is 3. The maximum atomic E-state index is 4.57. The first-order valence-electron chi connectivity index (χ1n) is 8.42. The van der Waals surface area contributed by atoms with Gasteiger partial charge in [0.25, 0.3) is 0 Å². The number of nitrogens with zero attached hydrogens (tertiary/aromatic N) is 5. The van der Waals surface area contributed by atoms with Gasteiger partial charge in [-0.15, -0.1) is 0 Å². The van der Waals surface area contributed by atoms with Crippen LogP contribution < -0.4 is 10.6 Å². The normalized spacial score (nSPS) is 13.5. The van der Waals surface area contributed by atoms with Gasteiger partial charge in [-0.05, 0) is 32.0 Å². The lowest BCUT2D eigenvalue weighted by Gasteiger charge is -2.20. The van der Waals surface area contributed by atoms with Crippen LogP contribution in [0.5, 0.6) is 0 Å². The zero-order valence-corrected chi connectivity index (χ0v) is 14.1. The summed E-state index contributed by atoms with van der Waals surface area (Å²) < 4.78 is 0. The minimum absolute atomic E-state index is 0.693. The van der Waals surface area contributed by atoms with Crippen molar-refractivity contribution in [3.63, 3.8) is 0 Å². The van der Waals surface area contributed by atoms with Gasteiger partial charge in [-0.2, -0.15) is 5.10 Å². The molecule has 128 valence electrons. The van der Waals surface area contributed by atoms with Crippen LogP contribution in [0.3, 0.4) is 0 Å². The fourth-order valence-electron chi connectivity index (χ4n) is 2.97. The summed E-state index contributed by atoms with van der Waals surface area (Å²) in [4.78, 5) is 17.6. The molecule has 0 unspecified atom stereocenters. The minimum atomic E-state index is 0.693. The predicted molar refractivity (Wildman–Crippen MR) is 94.0 cm³/mol. The third-order valence-corrected chi connectivity index (χ3v) is 4.17. The Bertz CT molecular complexity index is 858. The molecule has 25 heavy (non-hydrogen) atoms. The summed E-state index contributed by atoms with van der Waals surface area (Å²) in [6, 6.07) is 3.80. The summed E-state index contributed by atoms with van der Waals surface area (Å²) in [7, 11) is 0. The van der Waals surface area contributed by atoms with Gasteiger partial charge in [0.1, 0.15) is 17.5 Å². The highest BCUT2D eigenvalue weighted by molar-refractivity contribution is 5.53. The van der Waals surface area contributed by atoms with E-state index >= 15 is 0 Å². The Morgan fingerprint density at radius 2 is 2.04 bits per heavy atom. The lowest BCUT2D eigenvalue weighted by molar-refractivity contribution is 0.621. The zero-order valence-electron chi connectivity index (χ0n) is 14.1. The molecular formula is C17H20N8. The van der Waals surface area contributed by atoms with Gasteiger partial charge >= 0.3 is 0 Å². The van der Waals surface area contributed by atoms with E-state index in [4.69, 9.17) is 0 Å². The van der Waals surface area contributed by atoms with Crippen molar-refractivity contribution in [1.29, 1.82) is 0 Å². The lowest BCUT2D eigenvalue weighted by Crippen LogP contribution is -2.27. The van der Waals surface area contributed by atoms with E-state index in [2.05, 4.69) is 40.8 Å². The minimum Gasteiger partial charge on any atom is -0.369 e. The number of nitrogens with one attached hydrogen (secondary N) is 3. The maximum Gasteiger partial charge on any atom is 0.181 e. The summed E-state index contributed by atoms with van der Waals surface area (Å²) in [6.07, 6.45) is 5.17. The monoisotopic (exact) mass is 336 g/mol. The van der Waals surface area contributed by atoms with Gasteiger partial charge in [-0.1, -0.05) is 0 Å². The van der Waals surface area contributed by atoms with Crippen LogP contribution in [-0.4, -0.2) is 43.2 Å². The molecule has 3 aromatic heterocycles. The predicted octanol–water partition coefficient (Wildman–Crippen LogP) is 1.27. The van der Waals surface area contributed by atoms with Crippen LogP contribution in [0.15, 0.2) is 24.5 Å². The Kier molecular flexibility index (Phi) is 4.34. The molecule has 1 aliphatic rings. The number of aromatic amines is 1. The number of H-pyrrole nitrogens is 1. The number of rotatable bonds is 5. The molecule has 0 bridgehead atoms. The molecule has 0 spiro atoms. The van der Waals surface area contributed by atoms with Gasteiger partial charge in [0.2, 0.25) is 0 Å². The van der Waals surface area contributed by atoms with Gasteiger partial charge in [0, 0.05) is 43.0 Å². The first-order valence-corrected chi connectivity index (χ1v) is 8.42. The second-order valence-corrected chi connectivity index (χ2v) is 5.99. The van der Waals surface area contributed by atoms with Crippen LogP contribution in [0.4, 0.5) is 5.82 Å². The van der Waals surface area contributed by atoms with Crippen molar-refractivity contribution in [3.05, 3.63) is 47.4 Å². The average Bonchev–Trinajstić information content (AvgIpc) is 3.11.